The number of nitrogens with zero attached hydrogens (tertiary/aromatic N) is 4. The highest BCUT2D eigenvalue weighted by Crippen LogP contribution is 2.13. The lowest BCUT2D eigenvalue weighted by atomic mass is 10.2. The summed E-state index contributed by atoms with van der Waals surface area (Å²) in [4.78, 5) is 16.4. The first-order valence-corrected chi connectivity index (χ1v) is 7.86. The van der Waals surface area contributed by atoms with Gasteiger partial charge in [-0.1, -0.05) is 30.3 Å². The molecule has 0 saturated heterocycles. The zero-order valence-electron chi connectivity index (χ0n) is 13.8. The van der Waals surface area contributed by atoms with E-state index in [1.165, 1.54) is 0 Å². The van der Waals surface area contributed by atoms with Crippen LogP contribution in [0.15, 0.2) is 36.4 Å². The Morgan fingerprint density at radius 2 is 2.04 bits per heavy atom. The second-order valence-corrected chi connectivity index (χ2v) is 5.66. The number of benzene rings is 1. The maximum absolute atomic E-state index is 12.0. The Morgan fingerprint density at radius 3 is 2.75 bits per heavy atom. The molecule has 7 heteroatoms. The van der Waals surface area contributed by atoms with Gasteiger partial charge in [-0.2, -0.15) is 10.2 Å². The summed E-state index contributed by atoms with van der Waals surface area (Å²) in [6.45, 7) is 4.58. The van der Waals surface area contributed by atoms with Crippen molar-refractivity contribution in [2.24, 2.45) is 0 Å². The number of H-pyrrole nitrogens is 1. The smallest absolute Gasteiger partial charge is 0.241 e. The Labute approximate surface area is 140 Å². The molecule has 0 unspecified atom stereocenters. The molecule has 1 amide bonds. The van der Waals surface area contributed by atoms with Crippen LogP contribution in [0.4, 0.5) is 0 Å². The van der Waals surface area contributed by atoms with Crippen molar-refractivity contribution >= 4 is 5.91 Å². The van der Waals surface area contributed by atoms with Gasteiger partial charge in [0.15, 0.2) is 5.82 Å². The molecule has 7 nitrogen and oxygen atoms in total. The van der Waals surface area contributed by atoms with Crippen molar-refractivity contribution < 1.29 is 4.79 Å². The number of carbonyl (C=O) groups excluding carboxylic acids is 1. The minimum Gasteiger partial charge on any atom is -0.354 e. The summed E-state index contributed by atoms with van der Waals surface area (Å²) in [6, 6.07) is 11.7. The number of aromatic nitrogens is 5. The third-order valence-corrected chi connectivity index (χ3v) is 3.64. The van der Waals surface area contributed by atoms with Crippen molar-refractivity contribution in [2.75, 3.05) is 6.54 Å². The van der Waals surface area contributed by atoms with Gasteiger partial charge in [0.2, 0.25) is 5.91 Å². The van der Waals surface area contributed by atoms with E-state index in [1.807, 2.05) is 50.2 Å². The monoisotopic (exact) mass is 324 g/mol. The molecule has 0 spiro atoms. The molecule has 24 heavy (non-hydrogen) atoms. The van der Waals surface area contributed by atoms with Crippen molar-refractivity contribution in [1.29, 1.82) is 0 Å². The van der Waals surface area contributed by atoms with Crippen LogP contribution in [0.3, 0.4) is 0 Å². The second-order valence-electron chi connectivity index (χ2n) is 5.66. The zero-order valence-corrected chi connectivity index (χ0v) is 13.8. The van der Waals surface area contributed by atoms with Crippen LogP contribution < -0.4 is 5.32 Å². The van der Waals surface area contributed by atoms with E-state index in [0.29, 0.717) is 18.8 Å². The number of rotatable bonds is 6. The van der Waals surface area contributed by atoms with Crippen molar-refractivity contribution in [3.8, 4) is 11.4 Å². The van der Waals surface area contributed by atoms with Gasteiger partial charge in [-0.3, -0.25) is 14.6 Å². The summed E-state index contributed by atoms with van der Waals surface area (Å²) < 4.78 is 1.70. The normalized spacial score (nSPS) is 10.8. The number of aryl methyl sites for hydroxylation is 2. The van der Waals surface area contributed by atoms with Gasteiger partial charge in [-0.25, -0.2) is 4.98 Å². The van der Waals surface area contributed by atoms with Gasteiger partial charge in [0, 0.05) is 24.2 Å². The summed E-state index contributed by atoms with van der Waals surface area (Å²) in [5, 5.41) is 14.3. The van der Waals surface area contributed by atoms with Gasteiger partial charge in [0.25, 0.3) is 0 Å². The van der Waals surface area contributed by atoms with Gasteiger partial charge >= 0.3 is 0 Å². The van der Waals surface area contributed by atoms with E-state index in [-0.39, 0.29) is 12.5 Å². The first kappa shape index (κ1) is 15.9. The largest absolute Gasteiger partial charge is 0.354 e. The van der Waals surface area contributed by atoms with Gasteiger partial charge < -0.3 is 5.32 Å². The summed E-state index contributed by atoms with van der Waals surface area (Å²) in [6.07, 6.45) is 0.600. The van der Waals surface area contributed by atoms with Crippen molar-refractivity contribution in [2.45, 2.75) is 26.8 Å². The van der Waals surface area contributed by atoms with Crippen LogP contribution in [0.25, 0.3) is 11.4 Å². The van der Waals surface area contributed by atoms with E-state index in [2.05, 4.69) is 25.6 Å². The van der Waals surface area contributed by atoms with Crippen LogP contribution in [-0.4, -0.2) is 37.4 Å². The van der Waals surface area contributed by atoms with Gasteiger partial charge in [0.1, 0.15) is 12.4 Å². The average Bonchev–Trinajstić information content (AvgIpc) is 3.15. The fourth-order valence-electron chi connectivity index (χ4n) is 2.47. The minimum absolute atomic E-state index is 0.0657. The lowest BCUT2D eigenvalue weighted by molar-refractivity contribution is -0.121. The number of carbonyl (C=O) groups is 1. The highest BCUT2D eigenvalue weighted by molar-refractivity contribution is 5.75. The second kappa shape index (κ2) is 7.08. The van der Waals surface area contributed by atoms with Crippen LogP contribution >= 0.6 is 0 Å². The lowest BCUT2D eigenvalue weighted by Crippen LogP contribution is -2.30. The van der Waals surface area contributed by atoms with E-state index in [4.69, 9.17) is 0 Å². The molecule has 2 aromatic heterocycles. The topological polar surface area (TPSA) is 88.5 Å². The third-order valence-electron chi connectivity index (χ3n) is 3.64. The molecule has 0 fully saturated rings. The predicted octanol–water partition coefficient (Wildman–Crippen LogP) is 1.64. The quantitative estimate of drug-likeness (QED) is 0.721. The van der Waals surface area contributed by atoms with E-state index in [1.54, 1.807) is 4.68 Å². The molecule has 0 atom stereocenters. The summed E-state index contributed by atoms with van der Waals surface area (Å²) in [5.74, 6) is 1.35. The summed E-state index contributed by atoms with van der Waals surface area (Å²) >= 11 is 0. The van der Waals surface area contributed by atoms with E-state index >= 15 is 0 Å². The Bertz CT molecular complexity index is 821. The number of aromatic amines is 1. The van der Waals surface area contributed by atoms with Gasteiger partial charge in [0.05, 0.1) is 5.69 Å². The first-order chi connectivity index (χ1) is 11.6. The zero-order chi connectivity index (χ0) is 16.9. The Hall–Kier alpha value is -2.96. The minimum atomic E-state index is -0.0657. The fraction of sp³-hybridized carbons (Fsp3) is 0.294. The van der Waals surface area contributed by atoms with Crippen LogP contribution in [0, 0.1) is 13.8 Å². The van der Waals surface area contributed by atoms with Crippen LogP contribution in [0.1, 0.15) is 17.2 Å². The molecule has 0 aliphatic rings. The SMILES string of the molecule is Cc1cc(C)n(CC(=O)NCCc2nc(-c3ccccc3)n[nH]2)n1. The number of nitrogens with one attached hydrogen (secondary N) is 2. The standard InChI is InChI=1S/C17H20N6O/c1-12-10-13(2)23(22-12)11-16(24)18-9-8-15-19-17(21-20-15)14-6-4-3-5-7-14/h3-7,10H,8-9,11H2,1-2H3,(H,18,24)(H,19,20,21). The molecule has 0 saturated carbocycles. The molecule has 3 aromatic rings. The summed E-state index contributed by atoms with van der Waals surface area (Å²) in [5.41, 5.74) is 2.86. The Kier molecular flexibility index (Phi) is 4.69. The fourth-order valence-corrected chi connectivity index (χ4v) is 2.47. The maximum atomic E-state index is 12.0. The average molecular weight is 324 g/mol. The molecule has 1 aromatic carbocycles. The number of hydrogen-bond donors (Lipinski definition) is 2. The maximum Gasteiger partial charge on any atom is 0.241 e. The molecule has 0 bridgehead atoms. The first-order valence-electron chi connectivity index (χ1n) is 7.86. The molecule has 0 aliphatic carbocycles. The predicted molar refractivity (Wildman–Crippen MR) is 90.2 cm³/mol. The van der Waals surface area contributed by atoms with Gasteiger partial charge in [-0.05, 0) is 19.9 Å². The Morgan fingerprint density at radius 1 is 1.25 bits per heavy atom. The van der Waals surface area contributed by atoms with Crippen molar-refractivity contribution in [3.05, 3.63) is 53.6 Å². The van der Waals surface area contributed by atoms with Crippen LogP contribution in [-0.2, 0) is 17.8 Å². The Balaban J connectivity index is 1.49. The molecular formula is C17H20N6O. The highest BCUT2D eigenvalue weighted by atomic mass is 16.2. The third kappa shape index (κ3) is 3.87. The lowest BCUT2D eigenvalue weighted by Gasteiger charge is -2.05. The summed E-state index contributed by atoms with van der Waals surface area (Å²) in [7, 11) is 0. The van der Waals surface area contributed by atoms with E-state index in [0.717, 1.165) is 22.8 Å². The van der Waals surface area contributed by atoms with Crippen LogP contribution in [0.5, 0.6) is 0 Å². The molecule has 0 radical (unpaired) electrons. The molecule has 3 rings (SSSR count). The highest BCUT2D eigenvalue weighted by Gasteiger charge is 2.08. The number of hydrogen-bond acceptors (Lipinski definition) is 4. The van der Waals surface area contributed by atoms with Crippen molar-refractivity contribution in [3.63, 3.8) is 0 Å². The molecule has 2 N–H and O–H groups in total. The molecular weight excluding hydrogens is 304 g/mol. The van der Waals surface area contributed by atoms with Crippen molar-refractivity contribution in [1.82, 2.24) is 30.3 Å². The molecule has 124 valence electrons. The van der Waals surface area contributed by atoms with Gasteiger partial charge in [-0.15, -0.1) is 0 Å². The van der Waals surface area contributed by atoms with Crippen LogP contribution in [0.2, 0.25) is 0 Å². The van der Waals surface area contributed by atoms with E-state index in [9.17, 15) is 4.79 Å². The van der Waals surface area contributed by atoms with E-state index < -0.39 is 0 Å². The molecule has 2 heterocycles. The number of amides is 1. The molecule has 0 aliphatic heterocycles.